The quantitative estimate of drug-likeness (QED) is 0.160. The molecule has 0 bridgehead atoms. The van der Waals surface area contributed by atoms with Gasteiger partial charge in [-0.25, -0.2) is 0 Å². The van der Waals surface area contributed by atoms with Gasteiger partial charge in [-0.05, 0) is 200 Å². The SMILES string of the molecule is Cc1cc2c3c(c1)N(c1ccc(C(C)(C)C)cc1)c1c(sc4cc5c(cc14)C(C)(C)CCC5(C)C)B3c1cc3c(cc1N2c1cc2c(cc1C)C(C)(C)CCC2(C)C)C(C)(C)CCC3(C)C. The summed E-state index contributed by atoms with van der Waals surface area (Å²) in [5.41, 5.74) is 24.8. The molecule has 0 amide bonds. The Balaban J connectivity index is 1.28. The summed E-state index contributed by atoms with van der Waals surface area (Å²) >= 11 is 2.08. The number of aryl methyl sites for hydroxylation is 2. The van der Waals surface area contributed by atoms with Crippen molar-refractivity contribution in [2.45, 2.75) is 194 Å². The van der Waals surface area contributed by atoms with Crippen LogP contribution in [-0.2, 0) is 37.9 Å². The van der Waals surface area contributed by atoms with Crippen molar-refractivity contribution in [3.8, 4) is 0 Å². The molecule has 2 aliphatic heterocycles. The number of hydrogen-bond acceptors (Lipinski definition) is 3. The van der Waals surface area contributed by atoms with Crippen molar-refractivity contribution < 1.29 is 0 Å². The third-order valence-corrected chi connectivity index (χ3v) is 19.4. The largest absolute Gasteiger partial charge is 0.311 e. The Hall–Kier alpha value is -4.28. The summed E-state index contributed by atoms with van der Waals surface area (Å²) in [6.45, 7) is 41.7. The summed E-state index contributed by atoms with van der Waals surface area (Å²) in [4.78, 5) is 5.46. The van der Waals surface area contributed by atoms with E-state index in [2.05, 4.69) is 212 Å². The Morgan fingerprint density at radius 2 is 0.924 bits per heavy atom. The molecule has 4 heteroatoms. The monoisotopic (exact) mass is 891 g/mol. The molecule has 0 radical (unpaired) electrons. The fourth-order valence-electron chi connectivity index (χ4n) is 13.3. The van der Waals surface area contributed by atoms with Crippen molar-refractivity contribution in [2.24, 2.45) is 0 Å². The summed E-state index contributed by atoms with van der Waals surface area (Å²) < 4.78 is 2.91. The van der Waals surface area contributed by atoms with E-state index < -0.39 is 0 Å². The molecule has 5 aromatic carbocycles. The summed E-state index contributed by atoms with van der Waals surface area (Å²) in [6, 6.07) is 30.6. The van der Waals surface area contributed by atoms with Gasteiger partial charge in [-0.2, -0.15) is 0 Å². The Morgan fingerprint density at radius 3 is 1.44 bits per heavy atom. The number of rotatable bonds is 2. The summed E-state index contributed by atoms with van der Waals surface area (Å²) in [6.07, 6.45) is 7.21. The number of anilines is 6. The van der Waals surface area contributed by atoms with Crippen molar-refractivity contribution in [2.75, 3.05) is 9.80 Å². The number of benzene rings is 5. The van der Waals surface area contributed by atoms with Gasteiger partial charge >= 0.3 is 0 Å². The maximum atomic E-state index is 2.76. The Bertz CT molecular complexity index is 3050. The minimum atomic E-state index is 0.0634. The van der Waals surface area contributed by atoms with Gasteiger partial charge < -0.3 is 9.80 Å². The highest BCUT2D eigenvalue weighted by Gasteiger charge is 2.49. The molecular weight excluding hydrogens is 816 g/mol. The molecule has 66 heavy (non-hydrogen) atoms. The van der Waals surface area contributed by atoms with Gasteiger partial charge in [0.05, 0.1) is 5.69 Å². The van der Waals surface area contributed by atoms with Gasteiger partial charge in [0.25, 0.3) is 6.71 Å². The van der Waals surface area contributed by atoms with E-state index in [0.29, 0.717) is 0 Å². The first-order valence-corrected chi connectivity index (χ1v) is 26.2. The molecule has 3 aliphatic carbocycles. The first-order valence-electron chi connectivity index (χ1n) is 25.4. The third kappa shape index (κ3) is 6.31. The predicted molar refractivity (Wildman–Crippen MR) is 290 cm³/mol. The minimum absolute atomic E-state index is 0.0634. The lowest BCUT2D eigenvalue weighted by molar-refractivity contribution is 0.331. The molecule has 0 unspecified atom stereocenters. The van der Waals surface area contributed by atoms with Crippen LogP contribution in [0.5, 0.6) is 0 Å². The lowest BCUT2D eigenvalue weighted by atomic mass is 9.35. The molecule has 0 saturated carbocycles. The van der Waals surface area contributed by atoms with E-state index in [1.165, 1.54) is 137 Å². The molecule has 0 fully saturated rings. The van der Waals surface area contributed by atoms with E-state index in [1.54, 1.807) is 11.1 Å². The molecule has 11 rings (SSSR count). The van der Waals surface area contributed by atoms with E-state index in [9.17, 15) is 0 Å². The van der Waals surface area contributed by atoms with Crippen molar-refractivity contribution in [1.82, 2.24) is 0 Å². The van der Waals surface area contributed by atoms with Crippen LogP contribution in [0.2, 0.25) is 0 Å². The van der Waals surface area contributed by atoms with Crippen LogP contribution in [0.3, 0.4) is 0 Å². The van der Waals surface area contributed by atoms with Crippen molar-refractivity contribution >= 4 is 78.0 Å². The maximum Gasteiger partial charge on any atom is 0.264 e. The summed E-state index contributed by atoms with van der Waals surface area (Å²) in [7, 11) is 0. The lowest BCUT2D eigenvalue weighted by Gasteiger charge is -2.48. The van der Waals surface area contributed by atoms with Gasteiger partial charge in [0, 0.05) is 43.3 Å². The second-order valence-corrected chi connectivity index (χ2v) is 27.9. The van der Waals surface area contributed by atoms with Crippen LogP contribution in [0, 0.1) is 13.8 Å². The van der Waals surface area contributed by atoms with E-state index in [-0.39, 0.29) is 44.6 Å². The molecule has 0 spiro atoms. The molecule has 342 valence electrons. The van der Waals surface area contributed by atoms with Crippen LogP contribution in [0.25, 0.3) is 10.1 Å². The number of hydrogen-bond donors (Lipinski definition) is 0. The molecule has 0 saturated heterocycles. The molecular formula is C62H75BN2S. The van der Waals surface area contributed by atoms with E-state index >= 15 is 0 Å². The van der Waals surface area contributed by atoms with Gasteiger partial charge in [-0.1, -0.05) is 128 Å². The molecule has 3 heterocycles. The zero-order valence-electron chi connectivity index (χ0n) is 43.6. The van der Waals surface area contributed by atoms with Gasteiger partial charge in [0.15, 0.2) is 0 Å². The molecule has 0 atom stereocenters. The first kappa shape index (κ1) is 44.2. The van der Waals surface area contributed by atoms with Crippen LogP contribution in [0.4, 0.5) is 34.1 Å². The van der Waals surface area contributed by atoms with E-state index in [1.807, 2.05) is 0 Å². The smallest absolute Gasteiger partial charge is 0.264 e. The van der Waals surface area contributed by atoms with Crippen LogP contribution >= 0.6 is 11.3 Å². The Kier molecular flexibility index (Phi) is 9.19. The zero-order chi connectivity index (χ0) is 47.2. The fraction of sp³-hybridized carbons (Fsp3) is 0.484. The zero-order valence-corrected chi connectivity index (χ0v) is 44.4. The average molecular weight is 891 g/mol. The van der Waals surface area contributed by atoms with Gasteiger partial charge in [0.2, 0.25) is 0 Å². The number of fused-ring (bicyclic) bond motifs is 9. The van der Waals surface area contributed by atoms with Crippen molar-refractivity contribution in [1.29, 1.82) is 0 Å². The number of nitrogens with zero attached hydrogens (tertiary/aromatic N) is 2. The molecule has 6 aromatic rings. The molecule has 5 aliphatic rings. The predicted octanol–water partition coefficient (Wildman–Crippen LogP) is 15.9. The normalized spacial score (nSPS) is 21.1. The van der Waals surface area contributed by atoms with E-state index in [0.717, 1.165) is 0 Å². The minimum Gasteiger partial charge on any atom is -0.311 e. The average Bonchev–Trinajstić information content (AvgIpc) is 3.60. The summed E-state index contributed by atoms with van der Waals surface area (Å²) in [5.74, 6) is 0. The van der Waals surface area contributed by atoms with Crippen LogP contribution in [-0.4, -0.2) is 6.71 Å². The molecule has 0 N–H and O–H groups in total. The van der Waals surface area contributed by atoms with Gasteiger partial charge in [-0.3, -0.25) is 0 Å². The molecule has 2 nitrogen and oxygen atoms in total. The van der Waals surface area contributed by atoms with Gasteiger partial charge in [0.1, 0.15) is 0 Å². The number of thiophene rings is 1. The molecule has 1 aromatic heterocycles. The highest BCUT2D eigenvalue weighted by Crippen LogP contribution is 2.56. The fourth-order valence-corrected chi connectivity index (χ4v) is 14.7. The second kappa shape index (κ2) is 13.7. The first-order chi connectivity index (χ1) is 30.6. The van der Waals surface area contributed by atoms with Crippen LogP contribution in [0.15, 0.2) is 72.8 Å². The Morgan fingerprint density at radius 1 is 0.485 bits per heavy atom. The second-order valence-electron chi connectivity index (χ2n) is 26.8. The highest BCUT2D eigenvalue weighted by molar-refractivity contribution is 7.33. The van der Waals surface area contributed by atoms with Crippen LogP contribution < -0.4 is 25.5 Å². The van der Waals surface area contributed by atoms with Crippen molar-refractivity contribution in [3.63, 3.8) is 0 Å². The van der Waals surface area contributed by atoms with Crippen molar-refractivity contribution in [3.05, 3.63) is 123 Å². The lowest BCUT2D eigenvalue weighted by Crippen LogP contribution is -2.61. The topological polar surface area (TPSA) is 6.48 Å². The Labute approximate surface area is 402 Å². The third-order valence-electron chi connectivity index (χ3n) is 18.2. The van der Waals surface area contributed by atoms with Gasteiger partial charge in [-0.15, -0.1) is 11.3 Å². The standard InChI is InChI=1S/C62H75BN2S/c1-36-28-50-53-51(29-36)65(48-33-44-41(30-37(48)2)57(6,7)22-25-60(44,12)13)49-34-45-43(59(10,11)24-26-61(45,14)15)32-47(49)63(53)55-54(64(50)39-20-18-38(19-21-39)56(3,4)5)40-31-42-46(35-52(40)66-55)62(16,17)27-23-58(42,8)9/h18-21,28-35H,22-27H2,1-17H3. The highest BCUT2D eigenvalue weighted by atomic mass is 32.1. The summed E-state index contributed by atoms with van der Waals surface area (Å²) in [5, 5.41) is 1.41. The van der Waals surface area contributed by atoms with Crippen LogP contribution in [0.1, 0.15) is 192 Å². The maximum absolute atomic E-state index is 2.76. The van der Waals surface area contributed by atoms with E-state index in [4.69, 9.17) is 0 Å².